The molecule has 2 heterocycles. The molecule has 0 aliphatic rings. The summed E-state index contributed by atoms with van der Waals surface area (Å²) in [6, 6.07) is 9.37. The molecular weight excluding hydrogens is 286 g/mol. The number of hydrogen-bond donors (Lipinski definition) is 0. The topological polar surface area (TPSA) is 30.0 Å². The van der Waals surface area contributed by atoms with Gasteiger partial charge in [-0.15, -0.1) is 11.3 Å². The van der Waals surface area contributed by atoms with E-state index in [2.05, 4.69) is 22.7 Å². The summed E-state index contributed by atoms with van der Waals surface area (Å²) in [5.41, 5.74) is 4.02. The average molecular weight is 299 g/mol. The average Bonchev–Trinajstić information content (AvgIpc) is 3.08. The Balaban J connectivity index is 1.78. The van der Waals surface area contributed by atoms with E-state index in [4.69, 9.17) is 0 Å². The highest BCUT2D eigenvalue weighted by atomic mass is 32.1. The molecule has 3 rings (SSSR count). The van der Waals surface area contributed by atoms with Gasteiger partial charge in [0.05, 0.1) is 12.1 Å². The molecule has 2 nitrogen and oxygen atoms in total. The van der Waals surface area contributed by atoms with Crippen LogP contribution >= 0.6 is 22.7 Å². The summed E-state index contributed by atoms with van der Waals surface area (Å²) in [7, 11) is 0. The molecule has 4 heteroatoms. The fourth-order valence-corrected chi connectivity index (χ4v) is 3.79. The molecule has 0 radical (unpaired) electrons. The molecule has 0 spiro atoms. The van der Waals surface area contributed by atoms with Gasteiger partial charge < -0.3 is 0 Å². The van der Waals surface area contributed by atoms with Crippen LogP contribution in [-0.2, 0) is 6.42 Å². The molecule has 0 saturated carbocycles. The van der Waals surface area contributed by atoms with Crippen LogP contribution in [0.3, 0.4) is 0 Å². The highest BCUT2D eigenvalue weighted by molar-refractivity contribution is 7.14. The van der Waals surface area contributed by atoms with E-state index < -0.39 is 0 Å². The smallest absolute Gasteiger partial charge is 0.168 e. The largest absolute Gasteiger partial charge is 0.294 e. The van der Waals surface area contributed by atoms with Gasteiger partial charge in [0.1, 0.15) is 5.01 Å². The summed E-state index contributed by atoms with van der Waals surface area (Å²) in [4.78, 5) is 16.7. The molecule has 20 heavy (non-hydrogen) atoms. The Morgan fingerprint density at radius 3 is 2.65 bits per heavy atom. The number of carbonyl (C=O) groups excluding carboxylic acids is 1. The van der Waals surface area contributed by atoms with Crippen LogP contribution in [0, 0.1) is 6.92 Å². The molecule has 0 bridgehead atoms. The molecule has 0 aliphatic carbocycles. The van der Waals surface area contributed by atoms with Crippen molar-refractivity contribution in [2.24, 2.45) is 0 Å². The zero-order valence-corrected chi connectivity index (χ0v) is 12.6. The number of carbonyl (C=O) groups is 1. The van der Waals surface area contributed by atoms with Gasteiger partial charge in [-0.05, 0) is 17.9 Å². The Hall–Kier alpha value is -1.78. The SMILES string of the molecule is Cc1cscc1-c1nc(CC(=O)c2ccccc2)cs1. The Morgan fingerprint density at radius 1 is 1.15 bits per heavy atom. The number of thiazole rings is 1. The lowest BCUT2D eigenvalue weighted by Crippen LogP contribution is -2.03. The van der Waals surface area contributed by atoms with Gasteiger partial charge >= 0.3 is 0 Å². The van der Waals surface area contributed by atoms with Gasteiger partial charge in [0.15, 0.2) is 5.78 Å². The minimum absolute atomic E-state index is 0.115. The van der Waals surface area contributed by atoms with Crippen LogP contribution in [0.25, 0.3) is 10.6 Å². The van der Waals surface area contributed by atoms with Gasteiger partial charge in [-0.25, -0.2) is 4.98 Å². The quantitative estimate of drug-likeness (QED) is 0.659. The summed E-state index contributed by atoms with van der Waals surface area (Å²) in [6.45, 7) is 2.09. The lowest BCUT2D eigenvalue weighted by molar-refractivity contribution is 0.0992. The van der Waals surface area contributed by atoms with Crippen molar-refractivity contribution < 1.29 is 4.79 Å². The number of ketones is 1. The summed E-state index contributed by atoms with van der Waals surface area (Å²) in [5, 5.41) is 7.20. The van der Waals surface area contributed by atoms with Gasteiger partial charge in [-0.2, -0.15) is 11.3 Å². The number of aromatic nitrogens is 1. The second kappa shape index (κ2) is 5.69. The van der Waals surface area contributed by atoms with Crippen LogP contribution in [-0.4, -0.2) is 10.8 Å². The van der Waals surface area contributed by atoms with Gasteiger partial charge in [0, 0.05) is 21.9 Å². The minimum atomic E-state index is 0.115. The molecule has 0 amide bonds. The van der Waals surface area contributed by atoms with Crippen LogP contribution in [0.5, 0.6) is 0 Å². The van der Waals surface area contributed by atoms with Crippen molar-refractivity contribution in [1.82, 2.24) is 4.98 Å². The lowest BCUT2D eigenvalue weighted by atomic mass is 10.1. The van der Waals surface area contributed by atoms with Gasteiger partial charge in [0.25, 0.3) is 0 Å². The molecule has 0 N–H and O–H groups in total. The molecule has 1 aromatic carbocycles. The minimum Gasteiger partial charge on any atom is -0.294 e. The second-order valence-corrected chi connectivity index (χ2v) is 6.18. The van der Waals surface area contributed by atoms with E-state index >= 15 is 0 Å². The molecule has 0 atom stereocenters. The Bertz CT molecular complexity index is 728. The second-order valence-electron chi connectivity index (χ2n) is 4.58. The van der Waals surface area contributed by atoms with Gasteiger partial charge in [-0.3, -0.25) is 4.79 Å². The molecule has 2 aromatic heterocycles. The third kappa shape index (κ3) is 2.71. The fraction of sp³-hybridized carbons (Fsp3) is 0.125. The van der Waals surface area contributed by atoms with E-state index in [0.29, 0.717) is 6.42 Å². The third-order valence-corrected chi connectivity index (χ3v) is 4.86. The molecule has 0 aliphatic heterocycles. The summed E-state index contributed by atoms with van der Waals surface area (Å²) < 4.78 is 0. The van der Waals surface area contributed by atoms with Crippen molar-refractivity contribution in [3.63, 3.8) is 0 Å². The van der Waals surface area contributed by atoms with Crippen LogP contribution in [0.2, 0.25) is 0 Å². The van der Waals surface area contributed by atoms with E-state index in [1.807, 2.05) is 35.7 Å². The predicted octanol–water partition coefficient (Wildman–Crippen LogP) is 4.61. The Morgan fingerprint density at radius 2 is 1.95 bits per heavy atom. The third-order valence-electron chi connectivity index (χ3n) is 3.08. The van der Waals surface area contributed by atoms with Gasteiger partial charge in [-0.1, -0.05) is 30.3 Å². The standard InChI is InChI=1S/C16H13NOS2/c1-11-8-19-10-14(11)16-17-13(9-20-16)7-15(18)12-5-3-2-4-6-12/h2-6,8-10H,7H2,1H3. The normalized spacial score (nSPS) is 10.7. The van der Waals surface area contributed by atoms with E-state index in [0.717, 1.165) is 16.3 Å². The van der Waals surface area contributed by atoms with Crippen molar-refractivity contribution in [1.29, 1.82) is 0 Å². The number of benzene rings is 1. The van der Waals surface area contributed by atoms with Crippen LogP contribution in [0.1, 0.15) is 21.6 Å². The fourth-order valence-electron chi connectivity index (χ4n) is 1.98. The summed E-state index contributed by atoms with van der Waals surface area (Å²) >= 11 is 3.28. The highest BCUT2D eigenvalue weighted by Gasteiger charge is 2.12. The first-order valence-corrected chi connectivity index (χ1v) is 8.12. The van der Waals surface area contributed by atoms with Crippen molar-refractivity contribution in [2.45, 2.75) is 13.3 Å². The van der Waals surface area contributed by atoms with Crippen molar-refractivity contribution in [3.8, 4) is 10.6 Å². The molecular formula is C16H13NOS2. The number of nitrogens with zero attached hydrogens (tertiary/aromatic N) is 1. The maximum absolute atomic E-state index is 12.1. The Labute approximate surface area is 125 Å². The molecule has 0 saturated heterocycles. The van der Waals surface area contributed by atoms with Crippen molar-refractivity contribution in [2.75, 3.05) is 0 Å². The lowest BCUT2D eigenvalue weighted by Gasteiger charge is -1.98. The van der Waals surface area contributed by atoms with Crippen molar-refractivity contribution >= 4 is 28.5 Å². The zero-order chi connectivity index (χ0) is 13.9. The van der Waals surface area contributed by atoms with Crippen LogP contribution < -0.4 is 0 Å². The number of rotatable bonds is 4. The van der Waals surface area contributed by atoms with Crippen molar-refractivity contribution in [3.05, 3.63) is 63.3 Å². The molecule has 100 valence electrons. The van der Waals surface area contributed by atoms with E-state index in [1.165, 1.54) is 11.1 Å². The van der Waals surface area contributed by atoms with E-state index in [-0.39, 0.29) is 5.78 Å². The van der Waals surface area contributed by atoms with E-state index in [9.17, 15) is 4.79 Å². The number of Topliss-reactive ketones (excluding diaryl/α,β-unsaturated/α-hetero) is 1. The molecule has 0 fully saturated rings. The zero-order valence-electron chi connectivity index (χ0n) is 11.0. The molecule has 3 aromatic rings. The number of aryl methyl sites for hydroxylation is 1. The number of thiophene rings is 1. The summed E-state index contributed by atoms with van der Waals surface area (Å²) in [6.07, 6.45) is 0.365. The first kappa shape index (κ1) is 13.2. The summed E-state index contributed by atoms with van der Waals surface area (Å²) in [5.74, 6) is 0.115. The van der Waals surface area contributed by atoms with Crippen LogP contribution in [0.15, 0.2) is 46.5 Å². The van der Waals surface area contributed by atoms with Crippen LogP contribution in [0.4, 0.5) is 0 Å². The monoisotopic (exact) mass is 299 g/mol. The maximum Gasteiger partial charge on any atom is 0.168 e. The first-order valence-electron chi connectivity index (χ1n) is 6.30. The highest BCUT2D eigenvalue weighted by Crippen LogP contribution is 2.29. The first-order chi connectivity index (χ1) is 9.74. The van der Waals surface area contributed by atoms with E-state index in [1.54, 1.807) is 22.7 Å². The Kier molecular flexibility index (Phi) is 3.76. The number of hydrogen-bond acceptors (Lipinski definition) is 4. The molecule has 0 unspecified atom stereocenters. The predicted molar refractivity (Wildman–Crippen MR) is 84.6 cm³/mol. The van der Waals surface area contributed by atoms with Gasteiger partial charge in [0.2, 0.25) is 0 Å². The maximum atomic E-state index is 12.1.